The standard InChI is InChI=1S/C25H29N3O3/c1-3-18-9-5-6-10-21(18)26-22(29)17-28-24(30)23(19-11-13-20(31-2)14-12-19)27-25(28)15-7-4-8-16-25/h5-6,9-14H,3-4,7-8,15-17H2,1-2H3,(H,26,29). The average molecular weight is 420 g/mol. The Bertz CT molecular complexity index is 991. The number of hydrogen-bond acceptors (Lipinski definition) is 4. The van der Waals surface area contributed by atoms with E-state index in [1.54, 1.807) is 12.0 Å². The van der Waals surface area contributed by atoms with E-state index in [0.717, 1.165) is 61.1 Å². The van der Waals surface area contributed by atoms with Gasteiger partial charge in [-0.15, -0.1) is 0 Å². The number of rotatable bonds is 6. The van der Waals surface area contributed by atoms with Crippen LogP contribution in [-0.2, 0) is 16.0 Å². The molecule has 2 amide bonds. The number of nitrogens with zero attached hydrogens (tertiary/aromatic N) is 2. The van der Waals surface area contributed by atoms with Gasteiger partial charge in [0.25, 0.3) is 5.91 Å². The normalized spacial score (nSPS) is 17.5. The number of hydrogen-bond donors (Lipinski definition) is 1. The van der Waals surface area contributed by atoms with Crippen molar-refractivity contribution in [1.29, 1.82) is 0 Å². The first-order chi connectivity index (χ1) is 15.1. The Morgan fingerprint density at radius 2 is 1.81 bits per heavy atom. The van der Waals surface area contributed by atoms with Crippen LogP contribution in [0.5, 0.6) is 5.75 Å². The second-order valence-electron chi connectivity index (χ2n) is 8.18. The number of carbonyl (C=O) groups excluding carboxylic acids is 2. The highest BCUT2D eigenvalue weighted by Gasteiger charge is 2.48. The summed E-state index contributed by atoms with van der Waals surface area (Å²) >= 11 is 0. The number of nitrogens with one attached hydrogen (secondary N) is 1. The first-order valence-corrected chi connectivity index (χ1v) is 11.0. The molecule has 1 fully saturated rings. The van der Waals surface area contributed by atoms with Crippen LogP contribution in [0.15, 0.2) is 53.5 Å². The monoisotopic (exact) mass is 419 g/mol. The third-order valence-electron chi connectivity index (χ3n) is 6.26. The number of benzene rings is 2. The number of amides is 2. The third-order valence-corrected chi connectivity index (χ3v) is 6.26. The van der Waals surface area contributed by atoms with Crippen molar-refractivity contribution >= 4 is 23.2 Å². The fraction of sp³-hybridized carbons (Fsp3) is 0.400. The summed E-state index contributed by atoms with van der Waals surface area (Å²) in [5.41, 5.74) is 2.45. The lowest BCUT2D eigenvalue weighted by atomic mass is 9.88. The minimum absolute atomic E-state index is 0.0000363. The van der Waals surface area contributed by atoms with E-state index in [1.165, 1.54) is 0 Å². The molecule has 2 aliphatic rings. The van der Waals surface area contributed by atoms with Gasteiger partial charge in [-0.05, 0) is 68.0 Å². The van der Waals surface area contributed by atoms with Gasteiger partial charge in [0, 0.05) is 11.3 Å². The molecule has 0 bridgehead atoms. The van der Waals surface area contributed by atoms with E-state index in [0.29, 0.717) is 5.71 Å². The molecule has 0 atom stereocenters. The molecule has 1 saturated carbocycles. The Labute approximate surface area is 183 Å². The Kier molecular flexibility index (Phi) is 6.07. The lowest BCUT2D eigenvalue weighted by Gasteiger charge is -2.38. The van der Waals surface area contributed by atoms with Crippen LogP contribution in [0.4, 0.5) is 5.69 Å². The number of aryl methyl sites for hydroxylation is 1. The number of carbonyl (C=O) groups is 2. The van der Waals surface area contributed by atoms with Crippen LogP contribution in [0.3, 0.4) is 0 Å². The maximum absolute atomic E-state index is 13.4. The summed E-state index contributed by atoms with van der Waals surface area (Å²) in [5, 5.41) is 3.00. The number of methoxy groups -OCH3 is 1. The SMILES string of the molecule is CCc1ccccc1NC(=O)CN1C(=O)C(c2ccc(OC)cc2)=NC12CCCCC2. The molecule has 6 nitrogen and oxygen atoms in total. The molecule has 0 saturated heterocycles. The Hall–Kier alpha value is -3.15. The molecule has 0 aromatic heterocycles. The van der Waals surface area contributed by atoms with Crippen molar-refractivity contribution in [3.05, 3.63) is 59.7 Å². The minimum atomic E-state index is -0.619. The zero-order valence-electron chi connectivity index (χ0n) is 18.2. The molecule has 2 aromatic carbocycles. The quantitative estimate of drug-likeness (QED) is 0.763. The second-order valence-corrected chi connectivity index (χ2v) is 8.18. The van der Waals surface area contributed by atoms with E-state index in [1.807, 2.05) is 48.5 Å². The Morgan fingerprint density at radius 3 is 2.48 bits per heavy atom. The molecule has 4 rings (SSSR count). The number of para-hydroxylation sites is 1. The maximum atomic E-state index is 13.4. The van der Waals surface area contributed by atoms with Crippen LogP contribution in [0.1, 0.15) is 50.2 Å². The van der Waals surface area contributed by atoms with Gasteiger partial charge >= 0.3 is 0 Å². The summed E-state index contributed by atoms with van der Waals surface area (Å²) in [4.78, 5) is 33.0. The number of anilines is 1. The number of ether oxygens (including phenoxy) is 1. The van der Waals surface area contributed by atoms with Crippen LogP contribution >= 0.6 is 0 Å². The van der Waals surface area contributed by atoms with Gasteiger partial charge in [-0.3, -0.25) is 14.6 Å². The average Bonchev–Trinajstić information content (AvgIpc) is 3.06. The highest BCUT2D eigenvalue weighted by Crippen LogP contribution is 2.39. The minimum Gasteiger partial charge on any atom is -0.497 e. The van der Waals surface area contributed by atoms with Gasteiger partial charge in [0.05, 0.1) is 7.11 Å². The second kappa shape index (κ2) is 8.92. The first-order valence-electron chi connectivity index (χ1n) is 11.0. The molecule has 2 aromatic rings. The predicted octanol–water partition coefficient (Wildman–Crippen LogP) is 4.19. The van der Waals surface area contributed by atoms with E-state index in [9.17, 15) is 9.59 Å². The van der Waals surface area contributed by atoms with Gasteiger partial charge in [-0.25, -0.2) is 0 Å². The van der Waals surface area contributed by atoms with Crippen molar-refractivity contribution in [2.24, 2.45) is 4.99 Å². The van der Waals surface area contributed by atoms with Crippen LogP contribution in [0, 0.1) is 0 Å². The summed E-state index contributed by atoms with van der Waals surface area (Å²) in [6, 6.07) is 15.1. The summed E-state index contributed by atoms with van der Waals surface area (Å²) in [6.07, 6.45) is 5.54. The van der Waals surface area contributed by atoms with Crippen LogP contribution in [0.2, 0.25) is 0 Å². The molecule has 162 valence electrons. The van der Waals surface area contributed by atoms with E-state index < -0.39 is 5.66 Å². The zero-order valence-corrected chi connectivity index (χ0v) is 18.2. The van der Waals surface area contributed by atoms with Crippen LogP contribution in [-0.4, -0.2) is 41.7 Å². The van der Waals surface area contributed by atoms with Crippen molar-refractivity contribution in [3.8, 4) is 5.75 Å². The lowest BCUT2D eigenvalue weighted by Crippen LogP contribution is -2.51. The van der Waals surface area contributed by atoms with Crippen molar-refractivity contribution in [2.45, 2.75) is 51.1 Å². The van der Waals surface area contributed by atoms with Gasteiger partial charge in [0.15, 0.2) is 0 Å². The van der Waals surface area contributed by atoms with Crippen molar-refractivity contribution in [3.63, 3.8) is 0 Å². The van der Waals surface area contributed by atoms with Crippen LogP contribution in [0.25, 0.3) is 0 Å². The summed E-state index contributed by atoms with van der Waals surface area (Å²) in [5.74, 6) is 0.365. The molecular weight excluding hydrogens is 390 g/mol. The predicted molar refractivity (Wildman–Crippen MR) is 122 cm³/mol. The Balaban J connectivity index is 1.58. The van der Waals surface area contributed by atoms with Gasteiger partial charge in [-0.2, -0.15) is 0 Å². The molecule has 1 N–H and O–H groups in total. The smallest absolute Gasteiger partial charge is 0.275 e. The van der Waals surface area contributed by atoms with E-state index >= 15 is 0 Å². The highest BCUT2D eigenvalue weighted by molar-refractivity contribution is 6.47. The summed E-state index contributed by atoms with van der Waals surface area (Å²) < 4.78 is 5.23. The van der Waals surface area contributed by atoms with Crippen molar-refractivity contribution in [1.82, 2.24) is 4.90 Å². The molecule has 0 radical (unpaired) electrons. The molecule has 1 aliphatic carbocycles. The molecule has 0 unspecified atom stereocenters. The topological polar surface area (TPSA) is 71.0 Å². The van der Waals surface area contributed by atoms with Crippen molar-refractivity contribution < 1.29 is 14.3 Å². The maximum Gasteiger partial charge on any atom is 0.275 e. The van der Waals surface area contributed by atoms with E-state index in [-0.39, 0.29) is 18.4 Å². The molecule has 1 spiro atoms. The fourth-order valence-corrected chi connectivity index (χ4v) is 4.57. The van der Waals surface area contributed by atoms with E-state index in [2.05, 4.69) is 12.2 Å². The van der Waals surface area contributed by atoms with Gasteiger partial charge in [0.2, 0.25) is 5.91 Å². The van der Waals surface area contributed by atoms with Gasteiger partial charge in [-0.1, -0.05) is 31.5 Å². The van der Waals surface area contributed by atoms with Crippen molar-refractivity contribution in [2.75, 3.05) is 19.0 Å². The molecule has 1 aliphatic heterocycles. The van der Waals surface area contributed by atoms with Gasteiger partial charge in [0.1, 0.15) is 23.7 Å². The lowest BCUT2D eigenvalue weighted by molar-refractivity contribution is -0.134. The first kappa shape index (κ1) is 21.1. The molecule has 31 heavy (non-hydrogen) atoms. The zero-order chi connectivity index (χ0) is 21.8. The fourth-order valence-electron chi connectivity index (χ4n) is 4.57. The number of aliphatic imine (C=N–C) groups is 1. The molecule has 1 heterocycles. The van der Waals surface area contributed by atoms with E-state index in [4.69, 9.17) is 9.73 Å². The largest absolute Gasteiger partial charge is 0.497 e. The summed E-state index contributed by atoms with van der Waals surface area (Å²) in [6.45, 7) is 2.06. The van der Waals surface area contributed by atoms with Crippen LogP contribution < -0.4 is 10.1 Å². The molecular formula is C25H29N3O3. The third kappa shape index (κ3) is 4.20. The summed E-state index contributed by atoms with van der Waals surface area (Å²) in [7, 11) is 1.61. The Morgan fingerprint density at radius 1 is 1.10 bits per heavy atom. The highest BCUT2D eigenvalue weighted by atomic mass is 16.5. The molecule has 6 heteroatoms. The van der Waals surface area contributed by atoms with Gasteiger partial charge < -0.3 is 15.0 Å².